The van der Waals surface area contributed by atoms with E-state index in [1.54, 1.807) is 0 Å². The number of hydrogen-bond donors (Lipinski definition) is 1. The van der Waals surface area contributed by atoms with Gasteiger partial charge in [-0.2, -0.15) is 0 Å². The fraction of sp³-hybridized carbons (Fsp3) is 0.909. The number of rotatable bonds is 10. The molecule has 0 atom stereocenters. The quantitative estimate of drug-likeness (QED) is 0.441. The minimum atomic E-state index is -0.212. The lowest BCUT2D eigenvalue weighted by atomic mass is 10.2. The van der Waals surface area contributed by atoms with Gasteiger partial charge in [-0.1, -0.05) is 13.8 Å². The first kappa shape index (κ1) is 15.3. The van der Waals surface area contributed by atoms with Gasteiger partial charge >= 0.3 is 5.97 Å². The van der Waals surface area contributed by atoms with E-state index in [4.69, 9.17) is 19.9 Å². The van der Waals surface area contributed by atoms with Gasteiger partial charge in [-0.25, -0.2) is 0 Å². The van der Waals surface area contributed by atoms with E-state index in [0.29, 0.717) is 51.9 Å². The molecule has 0 rings (SSSR count). The SMILES string of the molecule is CC(C)COC(=O)CCOCCOCCN. The Bertz CT molecular complexity index is 173. The van der Waals surface area contributed by atoms with Gasteiger partial charge in [-0.05, 0) is 5.92 Å². The second-order valence-electron chi connectivity index (χ2n) is 3.84. The molecule has 96 valence electrons. The standard InChI is InChI=1S/C11H23NO4/c1-10(2)9-16-11(13)3-5-14-7-8-15-6-4-12/h10H,3-9,12H2,1-2H3. The highest BCUT2D eigenvalue weighted by Gasteiger charge is 2.03. The van der Waals surface area contributed by atoms with E-state index in [0.717, 1.165) is 0 Å². The van der Waals surface area contributed by atoms with Crippen LogP contribution in [-0.2, 0) is 19.0 Å². The van der Waals surface area contributed by atoms with Gasteiger partial charge in [0.1, 0.15) is 0 Å². The van der Waals surface area contributed by atoms with Crippen molar-refractivity contribution in [1.82, 2.24) is 0 Å². The van der Waals surface area contributed by atoms with Gasteiger partial charge in [0.2, 0.25) is 0 Å². The van der Waals surface area contributed by atoms with Gasteiger partial charge in [0.05, 0.1) is 39.5 Å². The normalized spacial score (nSPS) is 10.8. The summed E-state index contributed by atoms with van der Waals surface area (Å²) in [4.78, 5) is 11.1. The van der Waals surface area contributed by atoms with Crippen LogP contribution in [0.3, 0.4) is 0 Å². The van der Waals surface area contributed by atoms with Crippen LogP contribution in [0.5, 0.6) is 0 Å². The van der Waals surface area contributed by atoms with E-state index in [9.17, 15) is 4.79 Å². The molecule has 0 amide bonds. The van der Waals surface area contributed by atoms with Gasteiger partial charge < -0.3 is 19.9 Å². The zero-order chi connectivity index (χ0) is 12.2. The van der Waals surface area contributed by atoms with E-state index in [1.165, 1.54) is 0 Å². The predicted octanol–water partition coefficient (Wildman–Crippen LogP) is 0.568. The topological polar surface area (TPSA) is 70.8 Å². The summed E-state index contributed by atoms with van der Waals surface area (Å²) in [6.07, 6.45) is 0.295. The van der Waals surface area contributed by atoms with Crippen molar-refractivity contribution in [3.05, 3.63) is 0 Å². The van der Waals surface area contributed by atoms with Crippen LogP contribution >= 0.6 is 0 Å². The zero-order valence-corrected chi connectivity index (χ0v) is 10.2. The Morgan fingerprint density at radius 2 is 1.75 bits per heavy atom. The zero-order valence-electron chi connectivity index (χ0n) is 10.2. The Kier molecular flexibility index (Phi) is 10.4. The molecule has 0 aromatic carbocycles. The molecule has 0 aliphatic heterocycles. The molecule has 0 bridgehead atoms. The largest absolute Gasteiger partial charge is 0.465 e. The van der Waals surface area contributed by atoms with Crippen molar-refractivity contribution in [3.63, 3.8) is 0 Å². The van der Waals surface area contributed by atoms with Gasteiger partial charge in [0.25, 0.3) is 0 Å². The molecule has 5 heteroatoms. The average Bonchev–Trinajstić information content (AvgIpc) is 2.25. The molecule has 2 N–H and O–H groups in total. The fourth-order valence-corrected chi connectivity index (χ4v) is 0.893. The third-order valence-corrected chi connectivity index (χ3v) is 1.66. The maximum Gasteiger partial charge on any atom is 0.308 e. The van der Waals surface area contributed by atoms with Gasteiger partial charge in [0, 0.05) is 6.54 Å². The van der Waals surface area contributed by atoms with E-state index in [1.807, 2.05) is 13.8 Å². The Balaban J connectivity index is 3.15. The molecule has 5 nitrogen and oxygen atoms in total. The maximum absolute atomic E-state index is 11.1. The second kappa shape index (κ2) is 10.9. The molecule has 0 fully saturated rings. The van der Waals surface area contributed by atoms with Crippen molar-refractivity contribution in [2.45, 2.75) is 20.3 Å². The third kappa shape index (κ3) is 11.4. The molecular weight excluding hydrogens is 210 g/mol. The van der Waals surface area contributed by atoms with E-state index < -0.39 is 0 Å². The summed E-state index contributed by atoms with van der Waals surface area (Å²) in [5.74, 6) is 0.158. The van der Waals surface area contributed by atoms with E-state index >= 15 is 0 Å². The van der Waals surface area contributed by atoms with E-state index in [2.05, 4.69) is 0 Å². The van der Waals surface area contributed by atoms with Gasteiger partial charge in [0.15, 0.2) is 0 Å². The molecule has 0 saturated carbocycles. The van der Waals surface area contributed by atoms with Crippen LogP contribution in [0.25, 0.3) is 0 Å². The van der Waals surface area contributed by atoms with Crippen molar-refractivity contribution in [1.29, 1.82) is 0 Å². The highest BCUT2D eigenvalue weighted by molar-refractivity contribution is 5.69. The number of ether oxygens (including phenoxy) is 3. The minimum absolute atomic E-state index is 0.212. The average molecular weight is 233 g/mol. The van der Waals surface area contributed by atoms with Crippen molar-refractivity contribution in [2.75, 3.05) is 39.6 Å². The van der Waals surface area contributed by atoms with Crippen LogP contribution in [0.1, 0.15) is 20.3 Å². The number of carbonyl (C=O) groups is 1. The minimum Gasteiger partial charge on any atom is -0.465 e. The Labute approximate surface area is 97.2 Å². The number of carbonyl (C=O) groups excluding carboxylic acids is 1. The summed E-state index contributed by atoms with van der Waals surface area (Å²) in [5, 5.41) is 0. The van der Waals surface area contributed by atoms with Crippen LogP contribution in [-0.4, -0.2) is 45.5 Å². The molecule has 0 heterocycles. The van der Waals surface area contributed by atoms with Crippen molar-refractivity contribution < 1.29 is 19.0 Å². The van der Waals surface area contributed by atoms with Crippen molar-refractivity contribution >= 4 is 5.97 Å². The first-order chi connectivity index (χ1) is 7.66. The van der Waals surface area contributed by atoms with Gasteiger partial charge in [-0.15, -0.1) is 0 Å². The molecule has 16 heavy (non-hydrogen) atoms. The second-order valence-corrected chi connectivity index (χ2v) is 3.84. The van der Waals surface area contributed by atoms with Crippen LogP contribution < -0.4 is 5.73 Å². The lowest BCUT2D eigenvalue weighted by Crippen LogP contribution is -2.15. The van der Waals surface area contributed by atoms with E-state index in [-0.39, 0.29) is 5.97 Å². The summed E-state index contributed by atoms with van der Waals surface area (Å²) in [7, 11) is 0. The maximum atomic E-state index is 11.1. The molecule has 0 radical (unpaired) electrons. The van der Waals surface area contributed by atoms with Crippen molar-refractivity contribution in [2.24, 2.45) is 11.7 Å². The molecule has 0 spiro atoms. The molecule has 0 aliphatic rings. The lowest BCUT2D eigenvalue weighted by molar-refractivity contribution is -0.146. The first-order valence-corrected chi connectivity index (χ1v) is 5.68. The molecule has 0 aromatic rings. The Morgan fingerprint density at radius 1 is 1.12 bits per heavy atom. The van der Waals surface area contributed by atoms with Crippen LogP contribution in [0, 0.1) is 5.92 Å². The van der Waals surface area contributed by atoms with Crippen LogP contribution in [0.15, 0.2) is 0 Å². The smallest absolute Gasteiger partial charge is 0.308 e. The number of nitrogens with two attached hydrogens (primary N) is 1. The van der Waals surface area contributed by atoms with Crippen LogP contribution in [0.4, 0.5) is 0 Å². The Morgan fingerprint density at radius 3 is 2.31 bits per heavy atom. The summed E-state index contributed by atoms with van der Waals surface area (Å²) < 4.78 is 15.3. The number of esters is 1. The van der Waals surface area contributed by atoms with Crippen molar-refractivity contribution in [3.8, 4) is 0 Å². The predicted molar refractivity (Wildman–Crippen MR) is 61.1 cm³/mol. The van der Waals surface area contributed by atoms with Gasteiger partial charge in [-0.3, -0.25) is 4.79 Å². The summed E-state index contributed by atoms with van der Waals surface area (Å²) in [6, 6.07) is 0. The molecular formula is C11H23NO4. The summed E-state index contributed by atoms with van der Waals surface area (Å²) in [6.45, 7) is 6.90. The molecule has 0 aliphatic carbocycles. The third-order valence-electron chi connectivity index (χ3n) is 1.66. The molecule has 0 unspecified atom stereocenters. The lowest BCUT2D eigenvalue weighted by Gasteiger charge is -2.07. The first-order valence-electron chi connectivity index (χ1n) is 5.68. The fourth-order valence-electron chi connectivity index (χ4n) is 0.893. The summed E-state index contributed by atoms with van der Waals surface area (Å²) in [5.41, 5.74) is 5.24. The highest BCUT2D eigenvalue weighted by Crippen LogP contribution is 1.95. The summed E-state index contributed by atoms with van der Waals surface area (Å²) >= 11 is 0. The van der Waals surface area contributed by atoms with Crippen LogP contribution in [0.2, 0.25) is 0 Å². The number of hydrogen-bond acceptors (Lipinski definition) is 5. The monoisotopic (exact) mass is 233 g/mol. The molecule has 0 saturated heterocycles. The Hall–Kier alpha value is -0.650. The molecule has 0 aromatic heterocycles. The highest BCUT2D eigenvalue weighted by atomic mass is 16.5.